The Morgan fingerprint density at radius 2 is 1.64 bits per heavy atom. The van der Waals surface area contributed by atoms with E-state index < -0.39 is 11.7 Å². The van der Waals surface area contributed by atoms with E-state index in [0.717, 1.165) is 22.4 Å². The van der Waals surface area contributed by atoms with E-state index in [1.807, 2.05) is 30.3 Å². The van der Waals surface area contributed by atoms with E-state index in [4.69, 9.17) is 0 Å². The van der Waals surface area contributed by atoms with Crippen LogP contribution in [-0.2, 0) is 12.6 Å². The van der Waals surface area contributed by atoms with E-state index in [1.165, 1.54) is 18.3 Å². The van der Waals surface area contributed by atoms with Crippen LogP contribution in [-0.4, -0.2) is 17.0 Å². The fourth-order valence-corrected chi connectivity index (χ4v) is 2.08. The summed E-state index contributed by atoms with van der Waals surface area (Å²) in [5, 5.41) is 12.0. The minimum Gasteiger partial charge on any atom is -0.624 e. The van der Waals surface area contributed by atoms with Crippen LogP contribution in [0.4, 0.5) is 13.2 Å². The molecule has 2 nitrogen and oxygen atoms in total. The quantitative estimate of drug-likeness (QED) is 0.358. The number of alkyl halides is 3. The van der Waals surface area contributed by atoms with Crippen LogP contribution >= 0.6 is 0 Å². The molecule has 0 amide bonds. The third-order valence-electron chi connectivity index (χ3n) is 3.32. The maximum Gasteiger partial charge on any atom is 0.416 e. The van der Waals surface area contributed by atoms with Gasteiger partial charge in [0.1, 0.15) is 0 Å². The Balaban J connectivity index is 2.08. The van der Waals surface area contributed by atoms with Gasteiger partial charge in [0, 0.05) is 12.0 Å². The predicted molar refractivity (Wildman–Crippen MR) is 79.8 cm³/mol. The van der Waals surface area contributed by atoms with Gasteiger partial charge in [0.2, 0.25) is 0 Å². The first-order valence-electron chi connectivity index (χ1n) is 6.88. The number of hydrogen-bond acceptors (Lipinski definition) is 1. The number of hydroxylamine groups is 1. The molecule has 2 rings (SSSR count). The third-order valence-corrected chi connectivity index (χ3v) is 3.32. The summed E-state index contributed by atoms with van der Waals surface area (Å²) in [6.45, 7) is 1.78. The van der Waals surface area contributed by atoms with Gasteiger partial charge in [-0.25, -0.2) is 4.74 Å². The molecule has 0 aliphatic heterocycles. The van der Waals surface area contributed by atoms with Gasteiger partial charge in [-0.15, -0.1) is 0 Å². The van der Waals surface area contributed by atoms with Crippen molar-refractivity contribution in [3.05, 3.63) is 76.5 Å². The lowest BCUT2D eigenvalue weighted by molar-refractivity contribution is -0.491. The second-order valence-corrected chi connectivity index (χ2v) is 5.15. The van der Waals surface area contributed by atoms with Crippen molar-refractivity contribution < 1.29 is 17.9 Å². The van der Waals surface area contributed by atoms with E-state index in [-0.39, 0.29) is 6.04 Å². The van der Waals surface area contributed by atoms with Gasteiger partial charge in [0.25, 0.3) is 0 Å². The Labute approximate surface area is 127 Å². The second-order valence-electron chi connectivity index (χ2n) is 5.15. The zero-order valence-corrected chi connectivity index (χ0v) is 12.0. The van der Waals surface area contributed by atoms with Crippen molar-refractivity contribution >= 4 is 6.21 Å². The highest BCUT2D eigenvalue weighted by Crippen LogP contribution is 2.28. The molecule has 0 fully saturated rings. The second kappa shape index (κ2) is 6.64. The van der Waals surface area contributed by atoms with Crippen LogP contribution in [0.2, 0.25) is 0 Å². The predicted octanol–water partition coefficient (Wildman–Crippen LogP) is 4.27. The summed E-state index contributed by atoms with van der Waals surface area (Å²) in [7, 11) is 0. The minimum atomic E-state index is -4.36. The van der Waals surface area contributed by atoms with Crippen LogP contribution < -0.4 is 0 Å². The van der Waals surface area contributed by atoms with Crippen molar-refractivity contribution in [3.63, 3.8) is 0 Å². The lowest BCUT2D eigenvalue weighted by atomic mass is 10.1. The van der Waals surface area contributed by atoms with Crippen molar-refractivity contribution in [2.24, 2.45) is 0 Å². The highest BCUT2D eigenvalue weighted by Gasteiger charge is 2.29. The van der Waals surface area contributed by atoms with Gasteiger partial charge < -0.3 is 5.21 Å². The molecule has 0 aromatic heterocycles. The summed E-state index contributed by atoms with van der Waals surface area (Å²) in [5.41, 5.74) is 0.763. The highest BCUT2D eigenvalue weighted by atomic mass is 19.4. The first-order chi connectivity index (χ1) is 10.4. The van der Waals surface area contributed by atoms with E-state index in [9.17, 15) is 18.4 Å². The molecule has 1 unspecified atom stereocenters. The lowest BCUT2D eigenvalue weighted by Gasteiger charge is -2.13. The topological polar surface area (TPSA) is 26.1 Å². The van der Waals surface area contributed by atoms with Gasteiger partial charge in [0.15, 0.2) is 12.3 Å². The average molecular weight is 307 g/mol. The molecule has 22 heavy (non-hydrogen) atoms. The molecule has 0 aliphatic carbocycles. The van der Waals surface area contributed by atoms with Crippen molar-refractivity contribution in [2.45, 2.75) is 25.6 Å². The molecule has 0 N–H and O–H groups in total. The number of benzene rings is 2. The zero-order chi connectivity index (χ0) is 16.2. The molecule has 0 bridgehead atoms. The van der Waals surface area contributed by atoms with E-state index in [2.05, 4.69) is 0 Å². The highest BCUT2D eigenvalue weighted by molar-refractivity contribution is 5.75. The molecule has 0 heterocycles. The van der Waals surface area contributed by atoms with Crippen LogP contribution in [0.25, 0.3) is 0 Å². The van der Waals surface area contributed by atoms with Crippen LogP contribution in [0.5, 0.6) is 0 Å². The molecule has 0 aliphatic rings. The average Bonchev–Trinajstić information content (AvgIpc) is 2.48. The van der Waals surface area contributed by atoms with E-state index >= 15 is 0 Å². The van der Waals surface area contributed by atoms with Crippen molar-refractivity contribution in [3.8, 4) is 0 Å². The zero-order valence-electron chi connectivity index (χ0n) is 12.0. The van der Waals surface area contributed by atoms with Gasteiger partial charge in [-0.05, 0) is 36.8 Å². The molecular formula is C17H16F3NO. The summed E-state index contributed by atoms with van der Waals surface area (Å²) in [6, 6.07) is 13.8. The van der Waals surface area contributed by atoms with E-state index in [0.29, 0.717) is 12.0 Å². The van der Waals surface area contributed by atoms with Crippen LogP contribution in [0, 0.1) is 5.21 Å². The number of halogens is 3. The SMILES string of the molecule is CC(Cc1ccccc1)/[N+]([O-])=C/c1ccc(C(F)(F)F)cc1. The van der Waals surface area contributed by atoms with Crippen LogP contribution in [0.1, 0.15) is 23.6 Å². The Morgan fingerprint density at radius 3 is 2.18 bits per heavy atom. The van der Waals surface area contributed by atoms with Crippen molar-refractivity contribution in [2.75, 3.05) is 0 Å². The molecule has 0 spiro atoms. The van der Waals surface area contributed by atoms with Gasteiger partial charge in [-0.1, -0.05) is 30.3 Å². The summed E-state index contributed by atoms with van der Waals surface area (Å²) in [4.78, 5) is 0. The van der Waals surface area contributed by atoms with Crippen LogP contribution in [0.15, 0.2) is 54.6 Å². The number of nitrogens with zero attached hydrogens (tertiary/aromatic N) is 1. The van der Waals surface area contributed by atoms with E-state index in [1.54, 1.807) is 6.92 Å². The third kappa shape index (κ3) is 4.35. The first kappa shape index (κ1) is 16.1. The summed E-state index contributed by atoms with van der Waals surface area (Å²) < 4.78 is 38.2. The maximum atomic E-state index is 12.5. The summed E-state index contributed by atoms with van der Waals surface area (Å²) in [5.74, 6) is 0. The van der Waals surface area contributed by atoms with Gasteiger partial charge >= 0.3 is 6.18 Å². The van der Waals surface area contributed by atoms with Crippen molar-refractivity contribution in [1.82, 2.24) is 0 Å². The molecule has 0 saturated carbocycles. The Hall–Kier alpha value is -2.30. The fraction of sp³-hybridized carbons (Fsp3) is 0.235. The molecule has 2 aromatic rings. The largest absolute Gasteiger partial charge is 0.624 e. The summed E-state index contributed by atoms with van der Waals surface area (Å²) in [6.07, 6.45) is -2.48. The number of rotatable bonds is 4. The van der Waals surface area contributed by atoms with Gasteiger partial charge in [-0.2, -0.15) is 13.2 Å². The molecule has 0 radical (unpaired) electrons. The van der Waals surface area contributed by atoms with Gasteiger partial charge in [-0.3, -0.25) is 0 Å². The molecule has 0 saturated heterocycles. The standard InChI is InChI=1S/C17H16F3NO/c1-13(11-14-5-3-2-4-6-14)21(22)12-15-7-9-16(10-8-15)17(18,19)20/h2-10,12-13H,11H2,1H3/b21-12-. The minimum absolute atomic E-state index is 0.301. The monoisotopic (exact) mass is 307 g/mol. The fourth-order valence-electron chi connectivity index (χ4n) is 2.08. The molecule has 1 atom stereocenters. The molecule has 5 heteroatoms. The molecule has 116 valence electrons. The molecule has 2 aromatic carbocycles. The summed E-state index contributed by atoms with van der Waals surface area (Å²) >= 11 is 0. The maximum absolute atomic E-state index is 12.5. The Morgan fingerprint density at radius 1 is 1.05 bits per heavy atom. The first-order valence-corrected chi connectivity index (χ1v) is 6.88. The van der Waals surface area contributed by atoms with Crippen LogP contribution in [0.3, 0.4) is 0 Å². The number of hydrogen-bond donors (Lipinski definition) is 0. The van der Waals surface area contributed by atoms with Crippen molar-refractivity contribution in [1.29, 1.82) is 0 Å². The van der Waals surface area contributed by atoms with Gasteiger partial charge in [0.05, 0.1) is 5.56 Å². The lowest BCUT2D eigenvalue weighted by Crippen LogP contribution is -2.21. The normalized spacial score (nSPS) is 13.9. The smallest absolute Gasteiger partial charge is 0.416 e. The molecular weight excluding hydrogens is 291 g/mol. The Bertz CT molecular complexity index is 633. The Kier molecular flexibility index (Phi) is 4.85.